The molecule has 0 radical (unpaired) electrons. The lowest BCUT2D eigenvalue weighted by molar-refractivity contribution is -0.131. The van der Waals surface area contributed by atoms with Crippen LogP contribution in [0.4, 0.5) is 0 Å². The third kappa shape index (κ3) is 3.78. The Kier molecular flexibility index (Phi) is 4.93. The van der Waals surface area contributed by atoms with Crippen molar-refractivity contribution in [1.82, 2.24) is 15.5 Å². The SMILES string of the molecule is CN(C(=O)CNC(=O)c1cccs1)C1CCNCC1. The van der Waals surface area contributed by atoms with Crippen molar-refractivity contribution < 1.29 is 9.59 Å². The van der Waals surface area contributed by atoms with Gasteiger partial charge in [-0.15, -0.1) is 11.3 Å². The van der Waals surface area contributed by atoms with E-state index in [9.17, 15) is 9.59 Å². The molecule has 0 saturated carbocycles. The lowest BCUT2D eigenvalue weighted by Crippen LogP contribution is -2.47. The molecule has 1 aromatic rings. The molecule has 1 aliphatic rings. The number of nitrogens with zero attached hydrogens (tertiary/aromatic N) is 1. The van der Waals surface area contributed by atoms with Gasteiger partial charge >= 0.3 is 0 Å². The van der Waals surface area contributed by atoms with Gasteiger partial charge in [0.2, 0.25) is 5.91 Å². The van der Waals surface area contributed by atoms with Gasteiger partial charge in [0.05, 0.1) is 11.4 Å². The second-order valence-corrected chi connectivity index (χ2v) is 5.59. The van der Waals surface area contributed by atoms with Crippen LogP contribution in [0, 0.1) is 0 Å². The Labute approximate surface area is 117 Å². The fourth-order valence-corrected chi connectivity index (χ4v) is 2.81. The van der Waals surface area contributed by atoms with Crippen LogP contribution in [0.1, 0.15) is 22.5 Å². The first-order valence-corrected chi connectivity index (χ1v) is 7.34. The number of likely N-dealkylation sites (N-methyl/N-ethyl adjacent to an activating group) is 1. The summed E-state index contributed by atoms with van der Waals surface area (Å²) < 4.78 is 0. The molecule has 104 valence electrons. The van der Waals surface area contributed by atoms with E-state index in [-0.39, 0.29) is 24.4 Å². The number of hydrogen-bond acceptors (Lipinski definition) is 4. The van der Waals surface area contributed by atoms with Gasteiger partial charge in [-0.05, 0) is 37.4 Å². The van der Waals surface area contributed by atoms with E-state index in [0.29, 0.717) is 4.88 Å². The lowest BCUT2D eigenvalue weighted by Gasteiger charge is -2.31. The minimum absolute atomic E-state index is 0.0307. The fraction of sp³-hybridized carbons (Fsp3) is 0.538. The maximum absolute atomic E-state index is 12.0. The van der Waals surface area contributed by atoms with E-state index in [2.05, 4.69) is 10.6 Å². The largest absolute Gasteiger partial charge is 0.342 e. The molecule has 2 rings (SSSR count). The summed E-state index contributed by atoms with van der Waals surface area (Å²) in [5.41, 5.74) is 0. The molecule has 1 aliphatic heterocycles. The summed E-state index contributed by atoms with van der Waals surface area (Å²) in [6.45, 7) is 1.96. The number of piperidine rings is 1. The third-order valence-corrected chi connectivity index (χ3v) is 4.26. The Morgan fingerprint density at radius 2 is 2.21 bits per heavy atom. The molecule has 2 amide bonds. The lowest BCUT2D eigenvalue weighted by atomic mass is 10.1. The maximum atomic E-state index is 12.0. The Balaban J connectivity index is 1.78. The van der Waals surface area contributed by atoms with Gasteiger partial charge in [0.25, 0.3) is 5.91 Å². The summed E-state index contributed by atoms with van der Waals surface area (Å²) in [6.07, 6.45) is 1.95. The molecule has 5 nitrogen and oxygen atoms in total. The van der Waals surface area contributed by atoms with Gasteiger partial charge in [-0.1, -0.05) is 6.07 Å². The first-order valence-electron chi connectivity index (χ1n) is 6.46. The first-order chi connectivity index (χ1) is 9.18. The molecule has 0 bridgehead atoms. The van der Waals surface area contributed by atoms with E-state index in [0.717, 1.165) is 25.9 Å². The van der Waals surface area contributed by atoms with Crippen LogP contribution >= 0.6 is 11.3 Å². The highest BCUT2D eigenvalue weighted by atomic mass is 32.1. The van der Waals surface area contributed by atoms with Gasteiger partial charge in [0.1, 0.15) is 0 Å². The highest BCUT2D eigenvalue weighted by Gasteiger charge is 2.22. The van der Waals surface area contributed by atoms with Crippen LogP contribution in [-0.4, -0.2) is 49.4 Å². The van der Waals surface area contributed by atoms with Crippen molar-refractivity contribution in [2.24, 2.45) is 0 Å². The Bertz CT molecular complexity index is 427. The summed E-state index contributed by atoms with van der Waals surface area (Å²) in [7, 11) is 1.82. The number of amides is 2. The minimum Gasteiger partial charge on any atom is -0.342 e. The van der Waals surface area contributed by atoms with E-state index >= 15 is 0 Å². The van der Waals surface area contributed by atoms with Crippen molar-refractivity contribution in [2.75, 3.05) is 26.7 Å². The number of carbonyl (C=O) groups is 2. The molecule has 19 heavy (non-hydrogen) atoms. The van der Waals surface area contributed by atoms with Crippen molar-refractivity contribution in [1.29, 1.82) is 0 Å². The smallest absolute Gasteiger partial charge is 0.261 e. The van der Waals surface area contributed by atoms with Crippen molar-refractivity contribution >= 4 is 23.2 Å². The van der Waals surface area contributed by atoms with Crippen molar-refractivity contribution in [3.63, 3.8) is 0 Å². The number of hydrogen-bond donors (Lipinski definition) is 2. The molecule has 2 heterocycles. The molecule has 6 heteroatoms. The summed E-state index contributed by atoms with van der Waals surface area (Å²) in [5, 5.41) is 7.79. The first kappa shape index (κ1) is 14.0. The Morgan fingerprint density at radius 1 is 1.47 bits per heavy atom. The summed E-state index contributed by atoms with van der Waals surface area (Å²) in [4.78, 5) is 26.1. The van der Waals surface area contributed by atoms with Crippen LogP contribution in [0.2, 0.25) is 0 Å². The molecule has 1 saturated heterocycles. The molecule has 1 aromatic heterocycles. The van der Waals surface area contributed by atoms with Crippen molar-refractivity contribution in [2.45, 2.75) is 18.9 Å². The van der Waals surface area contributed by atoms with Crippen molar-refractivity contribution in [3.8, 4) is 0 Å². The zero-order valence-corrected chi connectivity index (χ0v) is 11.8. The molecule has 0 atom stereocenters. The minimum atomic E-state index is -0.179. The van der Waals surface area contributed by atoms with Crippen LogP contribution in [-0.2, 0) is 4.79 Å². The van der Waals surface area contributed by atoms with Crippen LogP contribution in [0.25, 0.3) is 0 Å². The van der Waals surface area contributed by atoms with Gasteiger partial charge in [-0.3, -0.25) is 9.59 Å². The molecule has 0 aliphatic carbocycles. The molecular weight excluding hydrogens is 262 g/mol. The highest BCUT2D eigenvalue weighted by molar-refractivity contribution is 7.12. The van der Waals surface area contributed by atoms with Crippen LogP contribution in [0.5, 0.6) is 0 Å². The fourth-order valence-electron chi connectivity index (χ4n) is 2.17. The van der Waals surface area contributed by atoms with Crippen LogP contribution in [0.15, 0.2) is 17.5 Å². The van der Waals surface area contributed by atoms with E-state index in [1.165, 1.54) is 11.3 Å². The zero-order valence-electron chi connectivity index (χ0n) is 11.0. The average Bonchev–Trinajstić information content (AvgIpc) is 2.98. The van der Waals surface area contributed by atoms with E-state index < -0.39 is 0 Å². The van der Waals surface area contributed by atoms with Crippen molar-refractivity contribution in [3.05, 3.63) is 22.4 Å². The third-order valence-electron chi connectivity index (χ3n) is 3.39. The molecule has 0 aromatic carbocycles. The molecular formula is C13H19N3O2S. The second-order valence-electron chi connectivity index (χ2n) is 4.65. The normalized spacial score (nSPS) is 16.1. The van der Waals surface area contributed by atoms with Gasteiger partial charge in [-0.2, -0.15) is 0 Å². The highest BCUT2D eigenvalue weighted by Crippen LogP contribution is 2.10. The monoisotopic (exact) mass is 281 g/mol. The van der Waals surface area contributed by atoms with Gasteiger partial charge in [-0.25, -0.2) is 0 Å². The van der Waals surface area contributed by atoms with Gasteiger partial charge in [0, 0.05) is 13.1 Å². The van der Waals surface area contributed by atoms with Crippen LogP contribution in [0.3, 0.4) is 0 Å². The summed E-state index contributed by atoms with van der Waals surface area (Å²) in [5.74, 6) is -0.209. The second kappa shape index (κ2) is 6.68. The van der Waals surface area contributed by atoms with E-state index in [1.807, 2.05) is 18.5 Å². The molecule has 0 unspecified atom stereocenters. The van der Waals surface area contributed by atoms with E-state index in [4.69, 9.17) is 0 Å². The number of carbonyl (C=O) groups excluding carboxylic acids is 2. The summed E-state index contributed by atoms with van der Waals surface area (Å²) >= 11 is 1.37. The predicted molar refractivity (Wildman–Crippen MR) is 75.3 cm³/mol. The average molecular weight is 281 g/mol. The molecule has 1 fully saturated rings. The Hall–Kier alpha value is -1.40. The number of rotatable bonds is 4. The number of thiophene rings is 1. The predicted octanol–water partition coefficient (Wildman–Crippen LogP) is 0.688. The van der Waals surface area contributed by atoms with E-state index in [1.54, 1.807) is 11.0 Å². The standard InChI is InChI=1S/C13H19N3O2S/c1-16(10-4-6-14-7-5-10)12(17)9-15-13(18)11-3-2-8-19-11/h2-3,8,10,14H,4-7,9H2,1H3,(H,15,18). The van der Waals surface area contributed by atoms with Gasteiger partial charge in [0.15, 0.2) is 0 Å². The van der Waals surface area contributed by atoms with Crippen LogP contribution < -0.4 is 10.6 Å². The van der Waals surface area contributed by atoms with Gasteiger partial charge < -0.3 is 15.5 Å². The Morgan fingerprint density at radius 3 is 2.84 bits per heavy atom. The topological polar surface area (TPSA) is 61.4 Å². The number of nitrogens with one attached hydrogen (secondary N) is 2. The summed E-state index contributed by atoms with van der Waals surface area (Å²) in [6, 6.07) is 3.86. The zero-order chi connectivity index (χ0) is 13.7. The maximum Gasteiger partial charge on any atom is 0.261 e. The molecule has 0 spiro atoms. The molecule has 2 N–H and O–H groups in total. The quantitative estimate of drug-likeness (QED) is 0.853.